The minimum atomic E-state index is -0.00532. The Hall–Kier alpha value is -0.860. The van der Waals surface area contributed by atoms with Crippen LogP contribution in [0, 0.1) is 13.8 Å². The van der Waals surface area contributed by atoms with Crippen molar-refractivity contribution < 1.29 is 4.74 Å². The summed E-state index contributed by atoms with van der Waals surface area (Å²) in [5.74, 6) is 0. The predicted octanol–water partition coefficient (Wildman–Crippen LogP) is 2.34. The first kappa shape index (κ1) is 11.2. The van der Waals surface area contributed by atoms with E-state index >= 15 is 0 Å². The molecule has 0 radical (unpaired) electrons. The van der Waals surface area contributed by atoms with Crippen molar-refractivity contribution in [3.63, 3.8) is 0 Å². The maximum Gasteiger partial charge on any atom is 0.0659 e. The highest BCUT2D eigenvalue weighted by atomic mass is 16.5. The fraction of sp³-hybridized carbons (Fsp3) is 0.500. The maximum absolute atomic E-state index is 5.98. The fourth-order valence-corrected chi connectivity index (χ4v) is 1.34. The summed E-state index contributed by atoms with van der Waals surface area (Å²) in [4.78, 5) is 0. The first-order valence-corrected chi connectivity index (χ1v) is 5.05. The van der Waals surface area contributed by atoms with Crippen molar-refractivity contribution in [3.05, 3.63) is 34.9 Å². The van der Waals surface area contributed by atoms with Crippen molar-refractivity contribution in [1.29, 1.82) is 0 Å². The molecule has 1 unspecified atom stereocenters. The second-order valence-corrected chi connectivity index (χ2v) is 3.61. The zero-order chi connectivity index (χ0) is 10.6. The Balaban J connectivity index is 2.70. The van der Waals surface area contributed by atoms with Gasteiger partial charge < -0.3 is 10.5 Å². The van der Waals surface area contributed by atoms with Crippen LogP contribution in [-0.2, 0) is 4.74 Å². The molecule has 0 aliphatic heterocycles. The third-order valence-electron chi connectivity index (χ3n) is 2.46. The van der Waals surface area contributed by atoms with Gasteiger partial charge in [-0.1, -0.05) is 18.2 Å². The van der Waals surface area contributed by atoms with Gasteiger partial charge in [-0.3, -0.25) is 0 Å². The zero-order valence-corrected chi connectivity index (χ0v) is 9.21. The highest BCUT2D eigenvalue weighted by Crippen LogP contribution is 2.15. The second-order valence-electron chi connectivity index (χ2n) is 3.61. The van der Waals surface area contributed by atoms with Gasteiger partial charge in [-0.15, -0.1) is 0 Å². The predicted molar refractivity (Wildman–Crippen MR) is 59.3 cm³/mol. The lowest BCUT2D eigenvalue weighted by Crippen LogP contribution is -2.17. The Morgan fingerprint density at radius 1 is 1.29 bits per heavy atom. The number of ether oxygens (including phenoxy) is 1. The van der Waals surface area contributed by atoms with Crippen molar-refractivity contribution in [3.8, 4) is 0 Å². The Kier molecular flexibility index (Phi) is 4.11. The van der Waals surface area contributed by atoms with Gasteiger partial charge in [0.2, 0.25) is 0 Å². The van der Waals surface area contributed by atoms with E-state index in [9.17, 15) is 0 Å². The van der Waals surface area contributed by atoms with Crippen LogP contribution in [0.2, 0.25) is 0 Å². The van der Waals surface area contributed by atoms with Gasteiger partial charge in [-0.25, -0.2) is 0 Å². The summed E-state index contributed by atoms with van der Waals surface area (Å²) in [5, 5.41) is 0. The highest BCUT2D eigenvalue weighted by Gasteiger charge is 2.06. The van der Waals surface area contributed by atoms with E-state index in [0.29, 0.717) is 6.61 Å². The Labute approximate surface area is 86.1 Å². The minimum absolute atomic E-state index is 0.00532. The molecule has 0 fully saturated rings. The molecule has 2 N–H and O–H groups in total. The van der Waals surface area contributed by atoms with Gasteiger partial charge in [0.15, 0.2) is 0 Å². The summed E-state index contributed by atoms with van der Waals surface area (Å²) in [6, 6.07) is 6.32. The molecule has 0 amide bonds. The molecular formula is C12H19NO. The molecule has 0 heterocycles. The molecule has 1 atom stereocenters. The van der Waals surface area contributed by atoms with E-state index in [2.05, 4.69) is 32.0 Å². The average molecular weight is 193 g/mol. The van der Waals surface area contributed by atoms with Gasteiger partial charge in [0.25, 0.3) is 0 Å². The number of hydrogen-bond donors (Lipinski definition) is 1. The van der Waals surface area contributed by atoms with Crippen molar-refractivity contribution in [2.45, 2.75) is 26.8 Å². The average Bonchev–Trinajstić information content (AvgIpc) is 2.18. The van der Waals surface area contributed by atoms with E-state index in [0.717, 1.165) is 12.2 Å². The molecule has 0 saturated heterocycles. The standard InChI is InChI=1S/C12H19NO/c1-4-14-8-12(13)11-6-5-9(2)10(3)7-11/h5-7,12H,4,8,13H2,1-3H3. The van der Waals surface area contributed by atoms with Crippen molar-refractivity contribution in [2.75, 3.05) is 13.2 Å². The lowest BCUT2D eigenvalue weighted by Gasteiger charge is -2.13. The van der Waals surface area contributed by atoms with Crippen molar-refractivity contribution >= 4 is 0 Å². The molecule has 1 rings (SSSR count). The van der Waals surface area contributed by atoms with Crippen LogP contribution in [-0.4, -0.2) is 13.2 Å². The van der Waals surface area contributed by atoms with Crippen molar-refractivity contribution in [1.82, 2.24) is 0 Å². The first-order valence-electron chi connectivity index (χ1n) is 5.05. The van der Waals surface area contributed by atoms with E-state index in [-0.39, 0.29) is 6.04 Å². The van der Waals surface area contributed by atoms with Gasteiger partial charge in [0.1, 0.15) is 0 Å². The fourth-order valence-electron chi connectivity index (χ4n) is 1.34. The van der Waals surface area contributed by atoms with E-state index in [4.69, 9.17) is 10.5 Å². The molecule has 14 heavy (non-hydrogen) atoms. The molecule has 0 aliphatic carbocycles. The van der Waals surface area contributed by atoms with E-state index < -0.39 is 0 Å². The third-order valence-corrected chi connectivity index (χ3v) is 2.46. The van der Waals surface area contributed by atoms with Crippen LogP contribution in [0.25, 0.3) is 0 Å². The smallest absolute Gasteiger partial charge is 0.0659 e. The monoisotopic (exact) mass is 193 g/mol. The summed E-state index contributed by atoms with van der Waals surface area (Å²) in [6.45, 7) is 7.50. The molecule has 1 aromatic carbocycles. The molecule has 1 aromatic rings. The molecule has 78 valence electrons. The lowest BCUT2D eigenvalue weighted by molar-refractivity contribution is 0.133. The number of nitrogens with two attached hydrogens (primary N) is 1. The molecule has 0 bridgehead atoms. The summed E-state index contributed by atoms with van der Waals surface area (Å²) in [5.41, 5.74) is 9.72. The largest absolute Gasteiger partial charge is 0.380 e. The van der Waals surface area contributed by atoms with Gasteiger partial charge in [0.05, 0.1) is 12.6 Å². The number of hydrogen-bond acceptors (Lipinski definition) is 2. The van der Waals surface area contributed by atoms with Gasteiger partial charge in [-0.2, -0.15) is 0 Å². The molecular weight excluding hydrogens is 174 g/mol. The number of rotatable bonds is 4. The quantitative estimate of drug-likeness (QED) is 0.796. The SMILES string of the molecule is CCOCC(N)c1ccc(C)c(C)c1. The van der Waals surface area contributed by atoms with Crippen molar-refractivity contribution in [2.24, 2.45) is 5.73 Å². The molecule has 2 nitrogen and oxygen atoms in total. The summed E-state index contributed by atoms with van der Waals surface area (Å²) < 4.78 is 5.29. The van der Waals surface area contributed by atoms with Gasteiger partial charge >= 0.3 is 0 Å². The minimum Gasteiger partial charge on any atom is -0.380 e. The molecule has 0 aliphatic rings. The normalized spacial score (nSPS) is 12.9. The molecule has 0 spiro atoms. The summed E-state index contributed by atoms with van der Waals surface area (Å²) >= 11 is 0. The Morgan fingerprint density at radius 2 is 2.00 bits per heavy atom. The first-order chi connectivity index (χ1) is 6.65. The van der Waals surface area contributed by atoms with Crippen LogP contribution >= 0.6 is 0 Å². The van der Waals surface area contributed by atoms with Gasteiger partial charge in [0, 0.05) is 6.61 Å². The zero-order valence-electron chi connectivity index (χ0n) is 9.21. The van der Waals surface area contributed by atoms with Crippen LogP contribution < -0.4 is 5.73 Å². The highest BCUT2D eigenvalue weighted by molar-refractivity contribution is 5.31. The van der Waals surface area contributed by atoms with Gasteiger partial charge in [-0.05, 0) is 37.5 Å². The van der Waals surface area contributed by atoms with E-state index in [1.807, 2.05) is 6.92 Å². The number of benzene rings is 1. The third kappa shape index (κ3) is 2.82. The molecule has 2 heteroatoms. The van der Waals surface area contributed by atoms with Crippen LogP contribution in [0.15, 0.2) is 18.2 Å². The maximum atomic E-state index is 5.98. The van der Waals surface area contributed by atoms with Crippen LogP contribution in [0.3, 0.4) is 0 Å². The summed E-state index contributed by atoms with van der Waals surface area (Å²) in [7, 11) is 0. The Morgan fingerprint density at radius 3 is 2.57 bits per heavy atom. The second kappa shape index (κ2) is 5.13. The van der Waals surface area contributed by atoms with Crippen LogP contribution in [0.4, 0.5) is 0 Å². The van der Waals surface area contributed by atoms with E-state index in [1.54, 1.807) is 0 Å². The molecule has 0 saturated carbocycles. The topological polar surface area (TPSA) is 35.2 Å². The van der Waals surface area contributed by atoms with Crippen LogP contribution in [0.1, 0.15) is 29.7 Å². The lowest BCUT2D eigenvalue weighted by atomic mass is 10.0. The van der Waals surface area contributed by atoms with E-state index in [1.165, 1.54) is 11.1 Å². The van der Waals surface area contributed by atoms with Crippen LogP contribution in [0.5, 0.6) is 0 Å². The Bertz CT molecular complexity index is 296. The number of aryl methyl sites for hydroxylation is 2. The summed E-state index contributed by atoms with van der Waals surface area (Å²) in [6.07, 6.45) is 0. The molecule has 0 aromatic heterocycles.